The van der Waals surface area contributed by atoms with Gasteiger partial charge in [-0.3, -0.25) is 4.79 Å². The van der Waals surface area contributed by atoms with Crippen LogP contribution in [0.3, 0.4) is 0 Å². The standard InChI is InChI=1S/C19H15NO3S/c1-23-19(22)15-11-14(12-5-3-2-4-6-12)18(21)20-9-7-16-13(17(15)20)8-10-24-16/h2-6,8,10-11H,7,9H2,1H3. The van der Waals surface area contributed by atoms with Crippen LogP contribution in [0.2, 0.25) is 0 Å². The van der Waals surface area contributed by atoms with Crippen LogP contribution in [0.15, 0.2) is 52.6 Å². The third-order valence-electron chi connectivity index (χ3n) is 4.34. The first-order valence-electron chi connectivity index (χ1n) is 7.69. The zero-order valence-corrected chi connectivity index (χ0v) is 13.9. The lowest BCUT2D eigenvalue weighted by Crippen LogP contribution is -2.29. The molecule has 1 aromatic carbocycles. The van der Waals surface area contributed by atoms with E-state index in [0.29, 0.717) is 23.4 Å². The highest BCUT2D eigenvalue weighted by atomic mass is 32.1. The Labute approximate surface area is 143 Å². The van der Waals surface area contributed by atoms with E-state index < -0.39 is 5.97 Å². The molecule has 0 atom stereocenters. The molecule has 0 saturated carbocycles. The lowest BCUT2D eigenvalue weighted by atomic mass is 9.97. The quantitative estimate of drug-likeness (QED) is 0.672. The lowest BCUT2D eigenvalue weighted by Gasteiger charge is -2.22. The van der Waals surface area contributed by atoms with Gasteiger partial charge in [0.15, 0.2) is 0 Å². The molecule has 2 aromatic heterocycles. The molecule has 0 N–H and O–H groups in total. The molecular formula is C19H15NO3S. The van der Waals surface area contributed by atoms with Gasteiger partial charge in [-0.05, 0) is 23.1 Å². The number of methoxy groups -OCH3 is 1. The summed E-state index contributed by atoms with van der Waals surface area (Å²) in [6, 6.07) is 13.1. The number of hydrogen-bond donors (Lipinski definition) is 0. The average Bonchev–Trinajstić information content (AvgIpc) is 3.11. The Bertz CT molecular complexity index is 986. The highest BCUT2D eigenvalue weighted by Gasteiger charge is 2.26. The number of rotatable bonds is 2. The van der Waals surface area contributed by atoms with E-state index in [4.69, 9.17) is 4.74 Å². The number of benzene rings is 1. The van der Waals surface area contributed by atoms with Crippen LogP contribution in [0.5, 0.6) is 0 Å². The van der Waals surface area contributed by atoms with Gasteiger partial charge in [-0.15, -0.1) is 11.3 Å². The Kier molecular flexibility index (Phi) is 3.58. The summed E-state index contributed by atoms with van der Waals surface area (Å²) in [4.78, 5) is 26.6. The maximum absolute atomic E-state index is 13.0. The van der Waals surface area contributed by atoms with E-state index in [2.05, 4.69) is 0 Å². The van der Waals surface area contributed by atoms with E-state index in [0.717, 1.165) is 17.5 Å². The smallest absolute Gasteiger partial charge is 0.340 e. The molecule has 4 rings (SSSR count). The second-order valence-electron chi connectivity index (χ2n) is 5.64. The number of aromatic nitrogens is 1. The van der Waals surface area contributed by atoms with Crippen LogP contribution in [0.4, 0.5) is 0 Å². The van der Waals surface area contributed by atoms with Gasteiger partial charge in [0.25, 0.3) is 5.56 Å². The maximum atomic E-state index is 13.0. The lowest BCUT2D eigenvalue weighted by molar-refractivity contribution is 0.0600. The number of thiophene rings is 1. The summed E-state index contributed by atoms with van der Waals surface area (Å²) >= 11 is 1.66. The summed E-state index contributed by atoms with van der Waals surface area (Å²) in [5.74, 6) is -0.421. The summed E-state index contributed by atoms with van der Waals surface area (Å²) in [5.41, 5.74) is 3.34. The van der Waals surface area contributed by atoms with Crippen molar-refractivity contribution in [2.24, 2.45) is 0 Å². The highest BCUT2D eigenvalue weighted by molar-refractivity contribution is 7.10. The zero-order valence-electron chi connectivity index (χ0n) is 13.1. The van der Waals surface area contributed by atoms with Crippen molar-refractivity contribution in [2.75, 3.05) is 7.11 Å². The number of carbonyl (C=O) groups is 1. The molecule has 0 aliphatic carbocycles. The summed E-state index contributed by atoms with van der Waals surface area (Å²) in [5, 5.41) is 2.00. The Hall–Kier alpha value is -2.66. The number of fused-ring (bicyclic) bond motifs is 3. The number of hydrogen-bond acceptors (Lipinski definition) is 4. The molecule has 4 nitrogen and oxygen atoms in total. The zero-order chi connectivity index (χ0) is 16.7. The van der Waals surface area contributed by atoms with Gasteiger partial charge in [-0.25, -0.2) is 4.79 Å². The van der Waals surface area contributed by atoms with Gasteiger partial charge < -0.3 is 9.30 Å². The van der Waals surface area contributed by atoms with Crippen molar-refractivity contribution < 1.29 is 9.53 Å². The summed E-state index contributed by atoms with van der Waals surface area (Å²) in [6.45, 7) is 0.576. The number of aryl methyl sites for hydroxylation is 1. The Morgan fingerprint density at radius 2 is 1.96 bits per heavy atom. The maximum Gasteiger partial charge on any atom is 0.340 e. The summed E-state index contributed by atoms with van der Waals surface area (Å²) < 4.78 is 6.69. The van der Waals surface area contributed by atoms with E-state index in [1.54, 1.807) is 22.0 Å². The van der Waals surface area contributed by atoms with Crippen LogP contribution in [0.1, 0.15) is 15.2 Å². The van der Waals surface area contributed by atoms with Crippen LogP contribution in [0, 0.1) is 0 Å². The minimum Gasteiger partial charge on any atom is -0.465 e. The topological polar surface area (TPSA) is 48.3 Å². The minimum atomic E-state index is -0.421. The Morgan fingerprint density at radius 3 is 2.71 bits per heavy atom. The molecule has 120 valence electrons. The van der Waals surface area contributed by atoms with Crippen molar-refractivity contribution >= 4 is 17.3 Å². The number of ether oxygens (including phenoxy) is 1. The molecule has 0 bridgehead atoms. The molecule has 0 unspecified atom stereocenters. The highest BCUT2D eigenvalue weighted by Crippen LogP contribution is 2.36. The van der Waals surface area contributed by atoms with Crippen molar-refractivity contribution in [1.82, 2.24) is 4.57 Å². The fourth-order valence-corrected chi connectivity index (χ4v) is 4.09. The normalized spacial score (nSPS) is 12.4. The predicted molar refractivity (Wildman–Crippen MR) is 94.5 cm³/mol. The van der Waals surface area contributed by atoms with E-state index >= 15 is 0 Å². The van der Waals surface area contributed by atoms with Crippen LogP contribution in [-0.4, -0.2) is 17.6 Å². The number of carbonyl (C=O) groups excluding carboxylic acids is 1. The minimum absolute atomic E-state index is 0.0688. The molecule has 0 saturated heterocycles. The molecule has 3 aromatic rings. The van der Waals surface area contributed by atoms with Gasteiger partial charge in [-0.1, -0.05) is 30.3 Å². The second-order valence-corrected chi connectivity index (χ2v) is 6.64. The molecule has 0 radical (unpaired) electrons. The number of nitrogens with zero attached hydrogens (tertiary/aromatic N) is 1. The van der Waals surface area contributed by atoms with Gasteiger partial charge in [-0.2, -0.15) is 0 Å². The number of pyridine rings is 1. The van der Waals surface area contributed by atoms with E-state index in [1.165, 1.54) is 12.0 Å². The molecule has 1 aliphatic heterocycles. The molecule has 1 aliphatic rings. The van der Waals surface area contributed by atoms with Crippen LogP contribution >= 0.6 is 11.3 Å². The molecule has 3 heterocycles. The SMILES string of the molecule is COC(=O)c1cc(-c2ccccc2)c(=O)n2c1-c1ccsc1CC2. The van der Waals surface area contributed by atoms with Gasteiger partial charge in [0.1, 0.15) is 0 Å². The van der Waals surface area contributed by atoms with E-state index in [1.807, 2.05) is 41.8 Å². The molecular weight excluding hydrogens is 322 g/mol. The summed E-state index contributed by atoms with van der Waals surface area (Å²) in [7, 11) is 1.37. The van der Waals surface area contributed by atoms with Gasteiger partial charge >= 0.3 is 5.97 Å². The third-order valence-corrected chi connectivity index (χ3v) is 5.32. The summed E-state index contributed by atoms with van der Waals surface area (Å²) in [6.07, 6.45) is 0.804. The third kappa shape index (κ3) is 2.20. The second kappa shape index (κ2) is 5.76. The van der Waals surface area contributed by atoms with Crippen molar-refractivity contribution in [3.8, 4) is 22.4 Å². The van der Waals surface area contributed by atoms with Gasteiger partial charge in [0, 0.05) is 29.0 Å². The Balaban J connectivity index is 2.06. The van der Waals surface area contributed by atoms with Crippen molar-refractivity contribution in [3.05, 3.63) is 68.6 Å². The Morgan fingerprint density at radius 1 is 1.17 bits per heavy atom. The average molecular weight is 337 g/mol. The molecule has 0 spiro atoms. The first-order chi connectivity index (χ1) is 11.7. The molecule has 5 heteroatoms. The first kappa shape index (κ1) is 14.9. The monoisotopic (exact) mass is 337 g/mol. The van der Waals surface area contributed by atoms with Crippen molar-refractivity contribution in [3.63, 3.8) is 0 Å². The molecule has 0 fully saturated rings. The van der Waals surface area contributed by atoms with E-state index in [-0.39, 0.29) is 5.56 Å². The molecule has 24 heavy (non-hydrogen) atoms. The van der Waals surface area contributed by atoms with Crippen LogP contribution in [-0.2, 0) is 17.7 Å². The molecule has 0 amide bonds. The van der Waals surface area contributed by atoms with Gasteiger partial charge in [0.05, 0.1) is 18.4 Å². The van der Waals surface area contributed by atoms with Gasteiger partial charge in [0.2, 0.25) is 0 Å². The largest absolute Gasteiger partial charge is 0.465 e. The van der Waals surface area contributed by atoms with E-state index in [9.17, 15) is 9.59 Å². The van der Waals surface area contributed by atoms with Crippen molar-refractivity contribution in [1.29, 1.82) is 0 Å². The van der Waals surface area contributed by atoms with Crippen LogP contribution in [0.25, 0.3) is 22.4 Å². The number of esters is 1. The fraction of sp³-hybridized carbons (Fsp3) is 0.158. The fourth-order valence-electron chi connectivity index (χ4n) is 3.22. The first-order valence-corrected chi connectivity index (χ1v) is 8.57. The van der Waals surface area contributed by atoms with Crippen molar-refractivity contribution in [2.45, 2.75) is 13.0 Å². The predicted octanol–water partition coefficient (Wildman–Crippen LogP) is 3.59. The van der Waals surface area contributed by atoms with Crippen LogP contribution < -0.4 is 5.56 Å².